The van der Waals surface area contributed by atoms with Gasteiger partial charge in [-0.15, -0.1) is 0 Å². The van der Waals surface area contributed by atoms with Crippen molar-refractivity contribution in [2.45, 2.75) is 39.7 Å². The Kier molecular flexibility index (Phi) is 4.03. The van der Waals surface area contributed by atoms with Gasteiger partial charge in [0.15, 0.2) is 11.5 Å². The number of nitrogens with zero attached hydrogens (tertiary/aromatic N) is 1. The first kappa shape index (κ1) is 17.1. The number of ether oxygens (including phenoxy) is 3. The number of methoxy groups -OCH3 is 1. The molecule has 0 aromatic heterocycles. The first-order valence-electron chi connectivity index (χ1n) is 8.50. The normalized spacial score (nSPS) is 21.3. The van der Waals surface area contributed by atoms with Gasteiger partial charge in [-0.3, -0.25) is 4.79 Å². The van der Waals surface area contributed by atoms with E-state index in [-0.39, 0.29) is 24.0 Å². The third kappa shape index (κ3) is 2.75. The third-order valence-electron chi connectivity index (χ3n) is 5.30. The summed E-state index contributed by atoms with van der Waals surface area (Å²) >= 11 is 0. The van der Waals surface area contributed by atoms with E-state index >= 15 is 0 Å². The fourth-order valence-corrected chi connectivity index (χ4v) is 3.60. The molecule has 1 unspecified atom stereocenters. The Morgan fingerprint density at radius 1 is 1.33 bits per heavy atom. The highest BCUT2D eigenvalue weighted by molar-refractivity contribution is 5.84. The van der Waals surface area contributed by atoms with Crippen molar-refractivity contribution in [3.63, 3.8) is 0 Å². The van der Waals surface area contributed by atoms with E-state index in [1.54, 1.807) is 7.11 Å². The summed E-state index contributed by atoms with van der Waals surface area (Å²) in [7, 11) is 6.04. The monoisotopic (exact) mass is 334 g/mol. The highest BCUT2D eigenvalue weighted by atomic mass is 16.7. The average molecular weight is 334 g/mol. The molecule has 0 bridgehead atoms. The number of quaternary nitrogens is 1. The second-order valence-corrected chi connectivity index (χ2v) is 8.36. The minimum Gasteiger partial charge on any atom is -0.492 e. The molecular formula is C19H28NO4+. The van der Waals surface area contributed by atoms with Gasteiger partial charge in [-0.2, -0.15) is 0 Å². The van der Waals surface area contributed by atoms with Gasteiger partial charge in [0.1, 0.15) is 11.8 Å². The lowest BCUT2D eigenvalue weighted by Gasteiger charge is -2.43. The SMILES string of the molecule is COc1c2c(cc3c1C(CC(=O)C(C)(C)C)[N+](C)(C)CC3)OCO2. The molecule has 0 N–H and O–H groups in total. The number of hydrogen-bond acceptors (Lipinski definition) is 4. The number of likely N-dealkylation sites (N-methyl/N-ethyl adjacent to an activating group) is 1. The van der Waals surface area contributed by atoms with Crippen LogP contribution in [0.2, 0.25) is 0 Å². The highest BCUT2D eigenvalue weighted by Crippen LogP contribution is 2.51. The lowest BCUT2D eigenvalue weighted by molar-refractivity contribution is -0.922. The molecule has 0 aliphatic carbocycles. The van der Waals surface area contributed by atoms with Crippen LogP contribution in [0.15, 0.2) is 6.07 Å². The van der Waals surface area contributed by atoms with Gasteiger partial charge in [-0.05, 0) is 11.6 Å². The number of rotatable bonds is 3. The van der Waals surface area contributed by atoms with Gasteiger partial charge in [0.2, 0.25) is 12.5 Å². The van der Waals surface area contributed by atoms with Crippen LogP contribution >= 0.6 is 0 Å². The second kappa shape index (κ2) is 5.66. The maximum absolute atomic E-state index is 12.8. The minimum atomic E-state index is -0.346. The molecule has 3 rings (SSSR count). The predicted octanol–water partition coefficient (Wildman–Crippen LogP) is 3.10. The molecule has 2 aliphatic heterocycles. The topological polar surface area (TPSA) is 44.8 Å². The van der Waals surface area contributed by atoms with Crippen LogP contribution in [0.4, 0.5) is 0 Å². The Balaban J connectivity index is 2.11. The zero-order chi connectivity index (χ0) is 17.7. The summed E-state index contributed by atoms with van der Waals surface area (Å²) < 4.78 is 17.7. The molecule has 5 heteroatoms. The molecule has 0 amide bonds. The van der Waals surface area contributed by atoms with Crippen molar-refractivity contribution in [2.24, 2.45) is 5.41 Å². The van der Waals surface area contributed by atoms with Crippen LogP contribution in [0.3, 0.4) is 0 Å². The smallest absolute Gasteiger partial charge is 0.231 e. The molecule has 0 saturated heterocycles. The van der Waals surface area contributed by atoms with Gasteiger partial charge < -0.3 is 18.7 Å². The summed E-state index contributed by atoms with van der Waals surface area (Å²) in [5.41, 5.74) is 1.97. The zero-order valence-corrected chi connectivity index (χ0v) is 15.6. The Bertz CT molecular complexity index is 673. The predicted molar refractivity (Wildman–Crippen MR) is 91.6 cm³/mol. The van der Waals surface area contributed by atoms with E-state index in [0.717, 1.165) is 34.5 Å². The molecule has 1 aromatic rings. The quantitative estimate of drug-likeness (QED) is 0.797. The van der Waals surface area contributed by atoms with E-state index < -0.39 is 0 Å². The number of benzene rings is 1. The Morgan fingerprint density at radius 2 is 2.04 bits per heavy atom. The fourth-order valence-electron chi connectivity index (χ4n) is 3.60. The van der Waals surface area contributed by atoms with Crippen molar-refractivity contribution in [3.8, 4) is 17.2 Å². The van der Waals surface area contributed by atoms with Gasteiger partial charge in [-0.1, -0.05) is 20.8 Å². The van der Waals surface area contributed by atoms with Gasteiger partial charge in [0, 0.05) is 11.8 Å². The lowest BCUT2D eigenvalue weighted by atomic mass is 9.81. The number of Topliss-reactive ketones (excluding diaryl/α,β-unsaturated/α-hetero) is 1. The van der Waals surface area contributed by atoms with Crippen LogP contribution in [-0.2, 0) is 11.2 Å². The summed E-state index contributed by atoms with van der Waals surface area (Å²) in [5, 5.41) is 0. The number of carbonyl (C=O) groups is 1. The van der Waals surface area contributed by atoms with Crippen LogP contribution in [0.25, 0.3) is 0 Å². The molecule has 0 saturated carbocycles. The summed E-state index contributed by atoms with van der Waals surface area (Å²) in [6, 6.07) is 2.12. The number of ketones is 1. The van der Waals surface area contributed by atoms with Crippen LogP contribution in [-0.4, -0.2) is 44.8 Å². The van der Waals surface area contributed by atoms with Gasteiger partial charge in [0.05, 0.1) is 39.7 Å². The number of carbonyl (C=O) groups excluding carboxylic acids is 1. The summed E-state index contributed by atoms with van der Waals surface area (Å²) in [6.45, 7) is 7.15. The Morgan fingerprint density at radius 3 is 2.67 bits per heavy atom. The molecule has 2 heterocycles. The highest BCUT2D eigenvalue weighted by Gasteiger charge is 2.43. The van der Waals surface area contributed by atoms with Crippen LogP contribution in [0, 0.1) is 5.41 Å². The molecule has 2 aliphatic rings. The van der Waals surface area contributed by atoms with Gasteiger partial charge >= 0.3 is 0 Å². The Labute approximate surface area is 144 Å². The summed E-state index contributed by atoms with van der Waals surface area (Å²) in [6.07, 6.45) is 1.44. The first-order chi connectivity index (χ1) is 11.1. The average Bonchev–Trinajstić information content (AvgIpc) is 2.95. The van der Waals surface area contributed by atoms with Crippen molar-refractivity contribution in [2.75, 3.05) is 34.5 Å². The number of fused-ring (bicyclic) bond motifs is 2. The first-order valence-corrected chi connectivity index (χ1v) is 8.50. The molecular weight excluding hydrogens is 306 g/mol. The van der Waals surface area contributed by atoms with Crippen molar-refractivity contribution < 1.29 is 23.5 Å². The Hall–Kier alpha value is -1.75. The fraction of sp³-hybridized carbons (Fsp3) is 0.632. The minimum absolute atomic E-state index is 0.0601. The van der Waals surface area contributed by atoms with Gasteiger partial charge in [0.25, 0.3) is 0 Å². The maximum atomic E-state index is 12.8. The zero-order valence-electron chi connectivity index (χ0n) is 15.6. The lowest BCUT2D eigenvalue weighted by Crippen LogP contribution is -2.49. The van der Waals surface area contributed by atoms with Crippen molar-refractivity contribution >= 4 is 5.78 Å². The van der Waals surface area contributed by atoms with E-state index in [1.807, 2.05) is 20.8 Å². The molecule has 0 radical (unpaired) electrons. The summed E-state index contributed by atoms with van der Waals surface area (Å²) in [4.78, 5) is 12.8. The van der Waals surface area contributed by atoms with E-state index in [4.69, 9.17) is 14.2 Å². The molecule has 1 aromatic carbocycles. The maximum Gasteiger partial charge on any atom is 0.231 e. The van der Waals surface area contributed by atoms with Crippen molar-refractivity contribution in [1.82, 2.24) is 0 Å². The molecule has 132 valence electrons. The molecule has 0 spiro atoms. The summed E-state index contributed by atoms with van der Waals surface area (Å²) in [5.74, 6) is 2.42. The molecule has 5 nitrogen and oxygen atoms in total. The van der Waals surface area contributed by atoms with E-state index in [9.17, 15) is 4.79 Å². The number of hydrogen-bond donors (Lipinski definition) is 0. The molecule has 24 heavy (non-hydrogen) atoms. The standard InChI is InChI=1S/C19H28NO4/c1-19(2,3)15(21)10-13-16-12(7-8-20(13,4)5)9-14-17(18(16)22-6)24-11-23-14/h9,13H,7-8,10-11H2,1-6H3/q+1. The van der Waals surface area contributed by atoms with E-state index in [1.165, 1.54) is 5.56 Å². The van der Waals surface area contributed by atoms with Crippen LogP contribution in [0.5, 0.6) is 17.2 Å². The largest absolute Gasteiger partial charge is 0.492 e. The van der Waals surface area contributed by atoms with Crippen molar-refractivity contribution in [1.29, 1.82) is 0 Å². The third-order valence-corrected chi connectivity index (χ3v) is 5.30. The molecule has 1 atom stereocenters. The van der Waals surface area contributed by atoms with Crippen LogP contribution < -0.4 is 14.2 Å². The molecule has 0 fully saturated rings. The van der Waals surface area contributed by atoms with Crippen LogP contribution in [0.1, 0.15) is 44.4 Å². The van der Waals surface area contributed by atoms with E-state index in [2.05, 4.69) is 20.2 Å². The van der Waals surface area contributed by atoms with Crippen molar-refractivity contribution in [3.05, 3.63) is 17.2 Å². The van der Waals surface area contributed by atoms with E-state index in [0.29, 0.717) is 12.2 Å². The second-order valence-electron chi connectivity index (χ2n) is 8.36. The van der Waals surface area contributed by atoms with Gasteiger partial charge in [-0.25, -0.2) is 0 Å².